The molecule has 0 atom stereocenters. The topological polar surface area (TPSA) is 91.0 Å². The van der Waals surface area contributed by atoms with E-state index in [1.807, 2.05) is 42.5 Å². The van der Waals surface area contributed by atoms with E-state index < -0.39 is 11.7 Å². The van der Waals surface area contributed by atoms with Gasteiger partial charge in [0.25, 0.3) is 11.8 Å². The van der Waals surface area contributed by atoms with Crippen LogP contribution in [0.25, 0.3) is 0 Å². The van der Waals surface area contributed by atoms with Gasteiger partial charge in [0.15, 0.2) is 0 Å². The summed E-state index contributed by atoms with van der Waals surface area (Å²) >= 11 is 0. The summed E-state index contributed by atoms with van der Waals surface area (Å²) in [5.41, 5.74) is 3.51. The van der Waals surface area contributed by atoms with Crippen LogP contribution in [0.4, 0.5) is 15.8 Å². The lowest BCUT2D eigenvalue weighted by Crippen LogP contribution is -2.41. The maximum Gasteiger partial charge on any atom is 0.278 e. The summed E-state index contributed by atoms with van der Waals surface area (Å²) in [6.45, 7) is 0.917. The molecular formula is C27H20FN5O2. The zero-order chi connectivity index (χ0) is 24.4. The van der Waals surface area contributed by atoms with Gasteiger partial charge in [-0.15, -0.1) is 0 Å². The number of nitriles is 1. The minimum atomic E-state index is -0.701. The summed E-state index contributed by atoms with van der Waals surface area (Å²) in [5.74, 6) is -1.54. The molecule has 35 heavy (non-hydrogen) atoms. The summed E-state index contributed by atoms with van der Waals surface area (Å²) in [5, 5.41) is 15.9. The Labute approximate surface area is 201 Å². The maximum absolute atomic E-state index is 13.6. The maximum atomic E-state index is 13.6. The number of halogens is 1. The normalized spacial score (nSPS) is 12.7. The van der Waals surface area contributed by atoms with E-state index in [1.54, 1.807) is 15.7 Å². The summed E-state index contributed by atoms with van der Waals surface area (Å²) < 4.78 is 15.2. The first-order valence-electron chi connectivity index (χ1n) is 11.0. The monoisotopic (exact) mass is 465 g/mol. The molecule has 0 fully saturated rings. The molecule has 172 valence electrons. The van der Waals surface area contributed by atoms with Crippen molar-refractivity contribution in [3.8, 4) is 6.07 Å². The first-order valence-corrected chi connectivity index (χ1v) is 11.0. The first-order chi connectivity index (χ1) is 17.0. The molecule has 7 nitrogen and oxygen atoms in total. The smallest absolute Gasteiger partial charge is 0.278 e. The van der Waals surface area contributed by atoms with Gasteiger partial charge < -0.3 is 10.2 Å². The second-order valence-electron chi connectivity index (χ2n) is 8.18. The average Bonchev–Trinajstić information content (AvgIpc) is 3.29. The molecule has 1 aliphatic heterocycles. The molecule has 1 aromatic heterocycles. The van der Waals surface area contributed by atoms with Crippen molar-refractivity contribution >= 4 is 23.2 Å². The van der Waals surface area contributed by atoms with E-state index in [2.05, 4.69) is 22.5 Å². The van der Waals surface area contributed by atoms with Crippen molar-refractivity contribution in [2.75, 3.05) is 16.8 Å². The van der Waals surface area contributed by atoms with Crippen molar-refractivity contribution in [2.24, 2.45) is 0 Å². The molecule has 2 heterocycles. The van der Waals surface area contributed by atoms with Gasteiger partial charge in [0.1, 0.15) is 17.6 Å². The Morgan fingerprint density at radius 2 is 1.77 bits per heavy atom. The standard InChI is InChI=1S/C27H20FN5O2/c28-23-11-8-20(15-21(23)16-29)26(34)31-24-17-30-33-13-12-32(27(35)25(24)33)22-9-6-19(7-10-22)14-18-4-2-1-3-5-18/h1-11,15,17H,12-14H2,(H,31,34). The average molecular weight is 465 g/mol. The van der Waals surface area contributed by atoms with Crippen LogP contribution in [0, 0.1) is 17.1 Å². The molecule has 0 saturated heterocycles. The van der Waals surface area contributed by atoms with Gasteiger partial charge in [0, 0.05) is 17.8 Å². The highest BCUT2D eigenvalue weighted by molar-refractivity contribution is 6.13. The van der Waals surface area contributed by atoms with Crippen LogP contribution >= 0.6 is 0 Å². The Kier molecular flexibility index (Phi) is 5.81. The van der Waals surface area contributed by atoms with Crippen LogP contribution in [0.2, 0.25) is 0 Å². The van der Waals surface area contributed by atoms with Gasteiger partial charge in [0.05, 0.1) is 24.0 Å². The molecule has 0 aliphatic carbocycles. The van der Waals surface area contributed by atoms with Gasteiger partial charge in [-0.25, -0.2) is 4.39 Å². The summed E-state index contributed by atoms with van der Waals surface area (Å²) in [6.07, 6.45) is 2.22. The van der Waals surface area contributed by atoms with Gasteiger partial charge in [-0.05, 0) is 47.9 Å². The predicted octanol–water partition coefficient (Wildman–Crippen LogP) is 4.40. The number of hydrogen-bond acceptors (Lipinski definition) is 4. The van der Waals surface area contributed by atoms with E-state index in [0.717, 1.165) is 23.7 Å². The summed E-state index contributed by atoms with van der Waals surface area (Å²) in [7, 11) is 0. The minimum absolute atomic E-state index is 0.108. The number of fused-ring (bicyclic) bond motifs is 1. The van der Waals surface area contributed by atoms with Crippen molar-refractivity contribution < 1.29 is 14.0 Å². The van der Waals surface area contributed by atoms with E-state index in [0.29, 0.717) is 13.1 Å². The van der Waals surface area contributed by atoms with E-state index in [4.69, 9.17) is 5.26 Å². The molecule has 5 rings (SSSR count). The highest BCUT2D eigenvalue weighted by atomic mass is 19.1. The second kappa shape index (κ2) is 9.23. The van der Waals surface area contributed by atoms with Crippen LogP contribution in [0.1, 0.15) is 37.5 Å². The van der Waals surface area contributed by atoms with E-state index in [-0.39, 0.29) is 28.4 Å². The van der Waals surface area contributed by atoms with Crippen LogP contribution in [0.3, 0.4) is 0 Å². The Hall–Kier alpha value is -4.77. The zero-order valence-electron chi connectivity index (χ0n) is 18.6. The third-order valence-corrected chi connectivity index (χ3v) is 5.92. The lowest BCUT2D eigenvalue weighted by Gasteiger charge is -2.28. The lowest BCUT2D eigenvalue weighted by molar-refractivity contribution is 0.0963. The molecule has 1 N–H and O–H groups in total. The number of benzene rings is 3. The van der Waals surface area contributed by atoms with Crippen LogP contribution in [0.15, 0.2) is 79.0 Å². The largest absolute Gasteiger partial charge is 0.319 e. The molecule has 1 aliphatic rings. The fourth-order valence-corrected chi connectivity index (χ4v) is 4.11. The first kappa shape index (κ1) is 22.0. The van der Waals surface area contributed by atoms with Crippen molar-refractivity contribution in [3.05, 3.63) is 113 Å². The Bertz CT molecular complexity index is 1460. The fraction of sp³-hybridized carbons (Fsp3) is 0.111. The quantitative estimate of drug-likeness (QED) is 0.473. The molecule has 0 spiro atoms. The number of nitrogens with zero attached hydrogens (tertiary/aromatic N) is 4. The van der Waals surface area contributed by atoms with Gasteiger partial charge in [-0.1, -0.05) is 42.5 Å². The summed E-state index contributed by atoms with van der Waals surface area (Å²) in [4.78, 5) is 27.7. The number of hydrogen-bond donors (Lipinski definition) is 1. The molecule has 0 radical (unpaired) electrons. The molecule has 2 amide bonds. The number of carbonyl (C=O) groups excluding carboxylic acids is 2. The fourth-order valence-electron chi connectivity index (χ4n) is 4.11. The second-order valence-corrected chi connectivity index (χ2v) is 8.18. The highest BCUT2D eigenvalue weighted by Crippen LogP contribution is 2.27. The molecule has 0 saturated carbocycles. The van der Waals surface area contributed by atoms with E-state index >= 15 is 0 Å². The number of nitrogens with one attached hydrogen (secondary N) is 1. The number of anilines is 2. The minimum Gasteiger partial charge on any atom is -0.319 e. The molecular weight excluding hydrogens is 445 g/mol. The Morgan fingerprint density at radius 1 is 1.03 bits per heavy atom. The number of aromatic nitrogens is 2. The molecule has 0 unspecified atom stereocenters. The van der Waals surface area contributed by atoms with Crippen molar-refractivity contribution in [1.29, 1.82) is 5.26 Å². The zero-order valence-corrected chi connectivity index (χ0v) is 18.6. The summed E-state index contributed by atoms with van der Waals surface area (Å²) in [6, 6.07) is 23.2. The lowest BCUT2D eigenvalue weighted by atomic mass is 10.0. The molecule has 4 aromatic rings. The number of rotatable bonds is 5. The highest BCUT2D eigenvalue weighted by Gasteiger charge is 2.30. The van der Waals surface area contributed by atoms with E-state index in [1.165, 1.54) is 23.9 Å². The molecule has 0 bridgehead atoms. The third kappa shape index (κ3) is 4.39. The molecule has 3 aromatic carbocycles. The van der Waals surface area contributed by atoms with Crippen molar-refractivity contribution in [1.82, 2.24) is 9.78 Å². The van der Waals surface area contributed by atoms with Gasteiger partial charge in [0.2, 0.25) is 0 Å². The SMILES string of the molecule is N#Cc1cc(C(=O)Nc2cnn3c2C(=O)N(c2ccc(Cc4ccccc4)cc2)CC3)ccc1F. The van der Waals surface area contributed by atoms with Crippen LogP contribution < -0.4 is 10.2 Å². The van der Waals surface area contributed by atoms with Crippen molar-refractivity contribution in [3.63, 3.8) is 0 Å². The van der Waals surface area contributed by atoms with Crippen LogP contribution in [-0.2, 0) is 13.0 Å². The number of carbonyl (C=O) groups is 2. The predicted molar refractivity (Wildman–Crippen MR) is 129 cm³/mol. The van der Waals surface area contributed by atoms with Gasteiger partial charge >= 0.3 is 0 Å². The van der Waals surface area contributed by atoms with Crippen molar-refractivity contribution in [2.45, 2.75) is 13.0 Å². The molecule has 8 heteroatoms. The number of amides is 2. The van der Waals surface area contributed by atoms with Gasteiger partial charge in [-0.3, -0.25) is 14.3 Å². The Morgan fingerprint density at radius 3 is 2.51 bits per heavy atom. The van der Waals surface area contributed by atoms with Gasteiger partial charge in [-0.2, -0.15) is 10.4 Å². The third-order valence-electron chi connectivity index (χ3n) is 5.92. The Balaban J connectivity index is 1.34. The van der Waals surface area contributed by atoms with Crippen LogP contribution in [-0.4, -0.2) is 28.1 Å². The van der Waals surface area contributed by atoms with Crippen LogP contribution in [0.5, 0.6) is 0 Å². The van der Waals surface area contributed by atoms with E-state index in [9.17, 15) is 14.0 Å².